The van der Waals surface area contributed by atoms with E-state index in [0.29, 0.717) is 23.2 Å². The third kappa shape index (κ3) is 2.10. The van der Waals surface area contributed by atoms with Gasteiger partial charge in [0.25, 0.3) is 5.89 Å². The fourth-order valence-corrected chi connectivity index (χ4v) is 2.37. The molecule has 2 N–H and O–H groups in total. The number of benzene rings is 1. The van der Waals surface area contributed by atoms with E-state index in [-0.39, 0.29) is 6.10 Å². The summed E-state index contributed by atoms with van der Waals surface area (Å²) in [6.45, 7) is 0. The number of anilines is 1. The van der Waals surface area contributed by atoms with Crippen molar-refractivity contribution >= 4 is 5.82 Å². The molecule has 1 aromatic carbocycles. The van der Waals surface area contributed by atoms with Gasteiger partial charge < -0.3 is 15.0 Å². The van der Waals surface area contributed by atoms with Crippen LogP contribution in [0.25, 0.3) is 11.6 Å². The van der Waals surface area contributed by atoms with Gasteiger partial charge in [-0.15, -0.1) is 0 Å². The zero-order valence-electron chi connectivity index (χ0n) is 11.1. The maximum Gasteiger partial charge on any atom is 0.276 e. The number of para-hydroxylation sites is 1. The SMILES string of the molecule is Nc1cccc(-c2nc(C3Cc4ccccc4O3)no2)n1. The zero-order valence-corrected chi connectivity index (χ0v) is 11.1. The lowest BCUT2D eigenvalue weighted by Crippen LogP contribution is -2.05. The van der Waals surface area contributed by atoms with Gasteiger partial charge in [0.2, 0.25) is 5.82 Å². The predicted molar refractivity (Wildman–Crippen MR) is 75.5 cm³/mol. The average molecular weight is 280 g/mol. The van der Waals surface area contributed by atoms with Crippen LogP contribution in [0, 0.1) is 0 Å². The van der Waals surface area contributed by atoms with E-state index in [1.54, 1.807) is 18.2 Å². The third-order valence-corrected chi connectivity index (χ3v) is 3.37. The van der Waals surface area contributed by atoms with Crippen molar-refractivity contribution < 1.29 is 9.26 Å². The predicted octanol–water partition coefficient (Wildman–Crippen LogP) is 2.39. The Morgan fingerprint density at radius 2 is 1.95 bits per heavy atom. The number of pyridine rings is 1. The summed E-state index contributed by atoms with van der Waals surface area (Å²) in [5.41, 5.74) is 7.37. The molecule has 4 rings (SSSR count). The Hall–Kier alpha value is -2.89. The van der Waals surface area contributed by atoms with Gasteiger partial charge in [0.15, 0.2) is 6.10 Å². The minimum absolute atomic E-state index is 0.221. The number of rotatable bonds is 2. The number of hydrogen-bond acceptors (Lipinski definition) is 6. The van der Waals surface area contributed by atoms with Gasteiger partial charge in [-0.1, -0.05) is 29.4 Å². The van der Waals surface area contributed by atoms with E-state index in [1.165, 1.54) is 0 Å². The van der Waals surface area contributed by atoms with Crippen LogP contribution in [-0.4, -0.2) is 15.1 Å². The van der Waals surface area contributed by atoms with Crippen molar-refractivity contribution in [3.8, 4) is 17.3 Å². The van der Waals surface area contributed by atoms with Gasteiger partial charge in [-0.05, 0) is 23.8 Å². The first kappa shape index (κ1) is 11.9. The first-order valence-corrected chi connectivity index (χ1v) is 6.61. The molecule has 6 nitrogen and oxygen atoms in total. The molecule has 0 fully saturated rings. The van der Waals surface area contributed by atoms with Crippen molar-refractivity contribution in [1.82, 2.24) is 15.1 Å². The number of nitrogens with zero attached hydrogens (tertiary/aromatic N) is 3. The van der Waals surface area contributed by atoms with E-state index in [4.69, 9.17) is 15.0 Å². The van der Waals surface area contributed by atoms with Crippen molar-refractivity contribution in [1.29, 1.82) is 0 Å². The van der Waals surface area contributed by atoms with Gasteiger partial charge in [-0.2, -0.15) is 4.98 Å². The first-order chi connectivity index (χ1) is 10.3. The molecule has 3 aromatic rings. The van der Waals surface area contributed by atoms with Crippen molar-refractivity contribution in [2.45, 2.75) is 12.5 Å². The number of nitrogens with two attached hydrogens (primary N) is 1. The van der Waals surface area contributed by atoms with Crippen LogP contribution in [0.1, 0.15) is 17.5 Å². The van der Waals surface area contributed by atoms with Crippen molar-refractivity contribution in [2.75, 3.05) is 5.73 Å². The lowest BCUT2D eigenvalue weighted by molar-refractivity contribution is 0.221. The molecule has 0 spiro atoms. The molecule has 1 aliphatic heterocycles. The molecule has 2 aromatic heterocycles. The third-order valence-electron chi connectivity index (χ3n) is 3.37. The number of fused-ring (bicyclic) bond motifs is 1. The van der Waals surface area contributed by atoms with Crippen LogP contribution in [0.5, 0.6) is 5.75 Å². The van der Waals surface area contributed by atoms with Gasteiger partial charge in [0.1, 0.15) is 17.3 Å². The van der Waals surface area contributed by atoms with E-state index in [2.05, 4.69) is 15.1 Å². The molecule has 0 bridgehead atoms. The van der Waals surface area contributed by atoms with Gasteiger partial charge >= 0.3 is 0 Å². The fourth-order valence-electron chi connectivity index (χ4n) is 2.37. The smallest absolute Gasteiger partial charge is 0.276 e. The summed E-state index contributed by atoms with van der Waals surface area (Å²) in [6.07, 6.45) is 0.514. The Morgan fingerprint density at radius 1 is 1.05 bits per heavy atom. The Kier molecular flexibility index (Phi) is 2.60. The molecule has 1 aliphatic rings. The maximum absolute atomic E-state index is 5.84. The molecule has 1 unspecified atom stereocenters. The largest absolute Gasteiger partial charge is 0.482 e. The summed E-state index contributed by atoms with van der Waals surface area (Å²) < 4.78 is 11.1. The molecular formula is C15H12N4O2. The number of ether oxygens (including phenoxy) is 1. The van der Waals surface area contributed by atoms with E-state index in [9.17, 15) is 0 Å². The highest BCUT2D eigenvalue weighted by Gasteiger charge is 2.28. The van der Waals surface area contributed by atoms with Crippen LogP contribution in [0.2, 0.25) is 0 Å². The summed E-state index contributed by atoms with van der Waals surface area (Å²) in [4.78, 5) is 8.53. The van der Waals surface area contributed by atoms with Crippen LogP contribution in [0.4, 0.5) is 5.82 Å². The highest BCUT2D eigenvalue weighted by Crippen LogP contribution is 2.35. The Labute approximate surface area is 120 Å². The molecule has 0 amide bonds. The van der Waals surface area contributed by atoms with Crippen LogP contribution >= 0.6 is 0 Å². The first-order valence-electron chi connectivity index (χ1n) is 6.61. The minimum Gasteiger partial charge on any atom is -0.482 e. The van der Waals surface area contributed by atoms with Crippen LogP contribution in [-0.2, 0) is 6.42 Å². The molecular weight excluding hydrogens is 268 g/mol. The quantitative estimate of drug-likeness (QED) is 0.775. The second-order valence-corrected chi connectivity index (χ2v) is 4.82. The number of hydrogen-bond donors (Lipinski definition) is 1. The highest BCUT2D eigenvalue weighted by atomic mass is 16.5. The Morgan fingerprint density at radius 3 is 2.81 bits per heavy atom. The van der Waals surface area contributed by atoms with Gasteiger partial charge in [0.05, 0.1) is 0 Å². The normalized spacial score (nSPS) is 16.5. The summed E-state index contributed by atoms with van der Waals surface area (Å²) in [5, 5.41) is 4.00. The molecule has 6 heteroatoms. The lowest BCUT2D eigenvalue weighted by Gasteiger charge is -2.04. The molecule has 21 heavy (non-hydrogen) atoms. The topological polar surface area (TPSA) is 87.1 Å². The Balaban J connectivity index is 1.62. The van der Waals surface area contributed by atoms with Crippen LogP contribution in [0.3, 0.4) is 0 Å². The Bertz CT molecular complexity index is 775. The second kappa shape index (κ2) is 4.59. The van der Waals surface area contributed by atoms with Crippen LogP contribution < -0.4 is 10.5 Å². The van der Waals surface area contributed by atoms with E-state index in [1.807, 2.05) is 24.3 Å². The molecule has 0 saturated carbocycles. The van der Waals surface area contributed by atoms with Crippen molar-refractivity contribution in [2.24, 2.45) is 0 Å². The maximum atomic E-state index is 5.84. The second-order valence-electron chi connectivity index (χ2n) is 4.82. The number of aromatic nitrogens is 3. The molecule has 104 valence electrons. The van der Waals surface area contributed by atoms with Crippen LogP contribution in [0.15, 0.2) is 47.0 Å². The summed E-state index contributed by atoms with van der Waals surface area (Å²) in [6, 6.07) is 13.2. The fraction of sp³-hybridized carbons (Fsp3) is 0.133. The van der Waals surface area contributed by atoms with E-state index in [0.717, 1.165) is 17.7 Å². The lowest BCUT2D eigenvalue weighted by atomic mass is 10.1. The molecule has 0 radical (unpaired) electrons. The summed E-state index contributed by atoms with van der Waals surface area (Å²) in [5.74, 6) is 2.15. The van der Waals surface area contributed by atoms with E-state index < -0.39 is 0 Å². The minimum atomic E-state index is -0.221. The summed E-state index contributed by atoms with van der Waals surface area (Å²) in [7, 11) is 0. The summed E-state index contributed by atoms with van der Waals surface area (Å²) >= 11 is 0. The molecule has 1 atom stereocenters. The van der Waals surface area contributed by atoms with Gasteiger partial charge in [0, 0.05) is 6.42 Å². The van der Waals surface area contributed by atoms with Gasteiger partial charge in [-0.3, -0.25) is 0 Å². The van der Waals surface area contributed by atoms with Crippen molar-refractivity contribution in [3.05, 3.63) is 53.9 Å². The highest BCUT2D eigenvalue weighted by molar-refractivity contribution is 5.50. The molecule has 0 saturated heterocycles. The average Bonchev–Trinajstić information content (AvgIpc) is 3.14. The monoisotopic (exact) mass is 280 g/mol. The molecule has 3 heterocycles. The van der Waals surface area contributed by atoms with E-state index >= 15 is 0 Å². The van der Waals surface area contributed by atoms with Gasteiger partial charge in [-0.25, -0.2) is 4.98 Å². The zero-order chi connectivity index (χ0) is 14.2. The number of nitrogen functional groups attached to an aromatic ring is 1. The standard InChI is InChI=1S/C15H12N4O2/c16-13-7-3-5-10(17-13)15-18-14(19-21-15)12-8-9-4-1-2-6-11(9)20-12/h1-7,12H,8H2,(H2,16,17). The van der Waals surface area contributed by atoms with Crippen molar-refractivity contribution in [3.63, 3.8) is 0 Å². The molecule has 0 aliphatic carbocycles.